The zero-order valence-electron chi connectivity index (χ0n) is 29.1. The summed E-state index contributed by atoms with van der Waals surface area (Å²) < 4.78 is 16.4. The van der Waals surface area contributed by atoms with Crippen LogP contribution in [-0.4, -0.2) is 53.6 Å². The topological polar surface area (TPSA) is 97.4 Å². The molecular formula is C40H54N3O4+. The van der Waals surface area contributed by atoms with E-state index in [1.165, 1.54) is 62.5 Å². The van der Waals surface area contributed by atoms with Crippen LogP contribution in [0.15, 0.2) is 59.6 Å². The van der Waals surface area contributed by atoms with Crippen LogP contribution in [-0.2, 0) is 4.74 Å². The molecule has 1 unspecified atom stereocenters. The van der Waals surface area contributed by atoms with E-state index in [0.717, 1.165) is 35.1 Å². The fourth-order valence-electron chi connectivity index (χ4n) is 5.88. The van der Waals surface area contributed by atoms with Gasteiger partial charge in [0, 0.05) is 12.7 Å². The Kier molecular flexibility index (Phi) is 14.1. The van der Waals surface area contributed by atoms with Crippen molar-refractivity contribution in [3.05, 3.63) is 93.5 Å². The minimum Gasteiger partial charge on any atom is -0.507 e. The lowest BCUT2D eigenvalue weighted by atomic mass is 10.0. The van der Waals surface area contributed by atoms with Crippen LogP contribution in [0, 0.1) is 27.7 Å². The number of aromatic hydroxyl groups is 1. The van der Waals surface area contributed by atoms with Crippen LogP contribution in [0.5, 0.6) is 11.5 Å². The Bertz CT molecular complexity index is 1570. The molecule has 252 valence electrons. The zero-order chi connectivity index (χ0) is 33.6. The van der Waals surface area contributed by atoms with Crippen molar-refractivity contribution in [1.29, 1.82) is 0 Å². The maximum Gasteiger partial charge on any atom is 0.360 e. The van der Waals surface area contributed by atoms with Crippen molar-refractivity contribution in [2.24, 2.45) is 4.99 Å². The molecule has 1 heterocycles. The molecule has 7 heteroatoms. The predicted molar refractivity (Wildman–Crippen MR) is 194 cm³/mol. The molecule has 0 radical (unpaired) electrons. The van der Waals surface area contributed by atoms with Crippen molar-refractivity contribution < 1.29 is 19.7 Å². The number of ether oxygens (including phenoxy) is 2. The molecule has 47 heavy (non-hydrogen) atoms. The average molecular weight is 641 g/mol. The first kappa shape index (κ1) is 35.9. The van der Waals surface area contributed by atoms with Gasteiger partial charge in [-0.05, 0) is 69.5 Å². The second kappa shape index (κ2) is 18.4. The summed E-state index contributed by atoms with van der Waals surface area (Å²) in [5.41, 5.74) is 6.94. The predicted octanol–water partition coefficient (Wildman–Crippen LogP) is 7.61. The maximum absolute atomic E-state index is 11.1. The number of aliphatic imine (C=N–C) groups is 1. The Hall–Kier alpha value is -3.90. The summed E-state index contributed by atoms with van der Waals surface area (Å²) in [7, 11) is 0. The van der Waals surface area contributed by atoms with Crippen LogP contribution in [0.25, 0.3) is 0 Å². The molecule has 4 rings (SSSR count). The highest BCUT2D eigenvalue weighted by atomic mass is 16.5. The largest absolute Gasteiger partial charge is 0.507 e. The van der Waals surface area contributed by atoms with Crippen LogP contribution in [0.4, 0.5) is 0 Å². The molecule has 0 saturated carbocycles. The number of unbranched alkanes of at least 4 members (excludes halogenated alkanes) is 9. The number of nitrogens with zero attached hydrogens (tertiary/aromatic N) is 2. The Morgan fingerprint density at radius 3 is 1.94 bits per heavy atom. The summed E-state index contributed by atoms with van der Waals surface area (Å²) in [6.07, 6.45) is 12.0. The van der Waals surface area contributed by atoms with Crippen molar-refractivity contribution >= 4 is 17.5 Å². The van der Waals surface area contributed by atoms with E-state index in [1.807, 2.05) is 6.07 Å². The number of phenolic OH excluding ortho intramolecular Hbond substituents is 1. The van der Waals surface area contributed by atoms with E-state index in [0.29, 0.717) is 35.4 Å². The van der Waals surface area contributed by atoms with Crippen molar-refractivity contribution in [3.8, 4) is 11.5 Å². The van der Waals surface area contributed by atoms with Crippen molar-refractivity contribution in [1.82, 2.24) is 9.98 Å². The van der Waals surface area contributed by atoms with E-state index >= 15 is 0 Å². The number of phenols is 1. The first-order chi connectivity index (χ1) is 22.7. The molecule has 0 saturated heterocycles. The highest BCUT2D eigenvalue weighted by Crippen LogP contribution is 2.25. The first-order valence-corrected chi connectivity index (χ1v) is 17.4. The van der Waals surface area contributed by atoms with E-state index in [9.17, 15) is 10.2 Å². The van der Waals surface area contributed by atoms with Gasteiger partial charge in [-0.25, -0.2) is 9.98 Å². The third-order valence-electron chi connectivity index (χ3n) is 8.55. The maximum atomic E-state index is 11.1. The molecular weight excluding hydrogens is 586 g/mol. The average Bonchev–Trinajstić information content (AvgIpc) is 3.04. The molecule has 1 atom stereocenters. The molecule has 0 bridgehead atoms. The first-order valence-electron chi connectivity index (χ1n) is 17.4. The van der Waals surface area contributed by atoms with Crippen LogP contribution in [0.2, 0.25) is 0 Å². The zero-order valence-corrected chi connectivity index (χ0v) is 29.1. The van der Waals surface area contributed by atoms with Gasteiger partial charge in [-0.2, -0.15) is 0 Å². The van der Waals surface area contributed by atoms with E-state index < -0.39 is 6.10 Å². The minimum absolute atomic E-state index is 0.0160. The molecule has 3 N–H and O–H groups in total. The number of hydrogen-bond donors (Lipinski definition) is 3. The summed E-state index contributed by atoms with van der Waals surface area (Å²) in [6, 6.07) is 17.6. The van der Waals surface area contributed by atoms with Gasteiger partial charge in [0.25, 0.3) is 5.84 Å². The lowest BCUT2D eigenvalue weighted by Gasteiger charge is -2.14. The van der Waals surface area contributed by atoms with Gasteiger partial charge >= 0.3 is 11.7 Å². The fourth-order valence-corrected chi connectivity index (χ4v) is 5.88. The van der Waals surface area contributed by atoms with Crippen LogP contribution in [0.1, 0.15) is 110 Å². The highest BCUT2D eigenvalue weighted by molar-refractivity contribution is 6.24. The van der Waals surface area contributed by atoms with Gasteiger partial charge in [0.1, 0.15) is 24.2 Å². The number of aliphatic hydroxyl groups is 1. The third kappa shape index (κ3) is 11.1. The number of hydrogen-bond acceptors (Lipinski definition) is 6. The Balaban J connectivity index is 1.32. The van der Waals surface area contributed by atoms with Crippen LogP contribution >= 0.6 is 0 Å². The minimum atomic E-state index is -0.754. The molecule has 0 aromatic heterocycles. The highest BCUT2D eigenvalue weighted by Gasteiger charge is 2.29. The normalized spacial score (nSPS) is 13.4. The van der Waals surface area contributed by atoms with Gasteiger partial charge in [-0.1, -0.05) is 105 Å². The molecule has 1 aliphatic heterocycles. The summed E-state index contributed by atoms with van der Waals surface area (Å²) >= 11 is 0. The molecule has 0 amide bonds. The van der Waals surface area contributed by atoms with E-state index in [-0.39, 0.29) is 19.0 Å². The van der Waals surface area contributed by atoms with E-state index in [4.69, 9.17) is 19.1 Å². The van der Waals surface area contributed by atoms with Gasteiger partial charge < -0.3 is 19.7 Å². The number of amidine groups is 3. The standard InChI is InChI=1S/C40H53N3O4/c1-6-7-8-9-10-11-12-13-14-15-22-46-26-32(44)27-47-33-18-21-36(37(45)25-33)40-42-38(34-19-16-28(2)23-30(34)4)41-39(43-40)35-20-17-29(3)24-31(35)5/h16-21,23-25,32,44H,6-15,22,26-27H2,1-5H3,(H,41,42,43,45)/p+1. The van der Waals surface area contributed by atoms with Crippen molar-refractivity contribution in [2.45, 2.75) is 105 Å². The monoisotopic (exact) mass is 640 g/mol. The molecule has 0 aliphatic carbocycles. The molecule has 0 spiro atoms. The Morgan fingerprint density at radius 1 is 0.723 bits per heavy atom. The number of benzene rings is 3. The van der Waals surface area contributed by atoms with E-state index in [2.05, 4.69) is 70.3 Å². The number of aliphatic hydroxyl groups excluding tert-OH is 1. The summed E-state index contributed by atoms with van der Waals surface area (Å²) in [6.45, 7) is 11.5. The van der Waals surface area contributed by atoms with Crippen LogP contribution in [0.3, 0.4) is 0 Å². The van der Waals surface area contributed by atoms with Gasteiger partial charge in [0.2, 0.25) is 0 Å². The lowest BCUT2D eigenvalue weighted by Crippen LogP contribution is -2.39. The molecule has 0 fully saturated rings. The van der Waals surface area contributed by atoms with Crippen LogP contribution < -0.4 is 14.7 Å². The summed E-state index contributed by atoms with van der Waals surface area (Å²) in [5, 5.41) is 24.9. The molecule has 3 aromatic carbocycles. The van der Waals surface area contributed by atoms with Gasteiger partial charge in [-0.3, -0.25) is 0 Å². The lowest BCUT2D eigenvalue weighted by molar-refractivity contribution is 0.0109. The number of aryl methyl sites for hydroxylation is 4. The van der Waals surface area contributed by atoms with E-state index in [1.54, 1.807) is 18.2 Å². The van der Waals surface area contributed by atoms with Crippen molar-refractivity contribution in [2.75, 3.05) is 19.8 Å². The Labute approximate surface area is 281 Å². The third-order valence-corrected chi connectivity index (χ3v) is 8.55. The van der Waals surface area contributed by atoms with Gasteiger partial charge in [-0.15, -0.1) is 0 Å². The SMILES string of the molecule is CCCCCCCCCCCCOCC(O)COc1ccc(C2=NC(c3ccc(C)cc3C)=[N+]=C(c3ccc(C)cc3C)N2)c(O)c1. The Morgan fingerprint density at radius 2 is 1.32 bits per heavy atom. The quantitative estimate of drug-likeness (QED) is 0.0926. The molecule has 3 aromatic rings. The summed E-state index contributed by atoms with van der Waals surface area (Å²) in [5.74, 6) is 2.21. The summed E-state index contributed by atoms with van der Waals surface area (Å²) in [4.78, 5) is 4.86. The second-order valence-electron chi connectivity index (χ2n) is 12.9. The van der Waals surface area contributed by atoms with Gasteiger partial charge in [0.15, 0.2) is 0 Å². The smallest absolute Gasteiger partial charge is 0.360 e. The fraction of sp³-hybridized carbons (Fsp3) is 0.475. The molecule has 1 aliphatic rings. The molecule has 7 nitrogen and oxygen atoms in total. The van der Waals surface area contributed by atoms with Crippen molar-refractivity contribution in [3.63, 3.8) is 0 Å². The number of rotatable bonds is 19. The van der Waals surface area contributed by atoms with Gasteiger partial charge in [0.05, 0.1) is 23.3 Å². The number of nitrogens with one attached hydrogen (secondary N) is 1. The second-order valence-corrected chi connectivity index (χ2v) is 12.9.